The summed E-state index contributed by atoms with van der Waals surface area (Å²) in [6.07, 6.45) is 16.3. The largest absolute Gasteiger partial charge is 0.300 e. The molecule has 0 spiro atoms. The van der Waals surface area contributed by atoms with Crippen molar-refractivity contribution in [1.82, 2.24) is 0 Å². The molecule has 0 aromatic rings. The van der Waals surface area contributed by atoms with Gasteiger partial charge in [-0.05, 0) is 31.6 Å². The summed E-state index contributed by atoms with van der Waals surface area (Å²) in [7, 11) is 0. The number of Topliss-reactive ketones (excluding diaryl/α,β-unsaturated/α-hetero) is 1. The second kappa shape index (κ2) is 10.4. The van der Waals surface area contributed by atoms with Crippen molar-refractivity contribution in [2.24, 2.45) is 17.8 Å². The molecule has 0 saturated heterocycles. The highest BCUT2D eigenvalue weighted by molar-refractivity contribution is 5.78. The molecule has 118 valence electrons. The molecule has 1 heteroatoms. The van der Waals surface area contributed by atoms with E-state index in [2.05, 4.69) is 13.8 Å². The molecule has 0 N–H and O–H groups in total. The van der Waals surface area contributed by atoms with Gasteiger partial charge in [-0.15, -0.1) is 0 Å². The molecule has 1 atom stereocenters. The van der Waals surface area contributed by atoms with Crippen LogP contribution in [0.4, 0.5) is 0 Å². The third-order valence-corrected chi connectivity index (χ3v) is 5.41. The quantitative estimate of drug-likeness (QED) is 0.438. The lowest BCUT2D eigenvalue weighted by molar-refractivity contribution is -0.121. The van der Waals surface area contributed by atoms with E-state index in [4.69, 9.17) is 0 Å². The minimum Gasteiger partial charge on any atom is -0.300 e. The lowest BCUT2D eigenvalue weighted by Crippen LogP contribution is -2.15. The number of rotatable bonds is 10. The highest BCUT2D eigenvalue weighted by atomic mass is 16.1. The van der Waals surface area contributed by atoms with Crippen molar-refractivity contribution in [2.75, 3.05) is 0 Å². The number of carbonyl (C=O) groups excluding carboxylic acids is 1. The van der Waals surface area contributed by atoms with Crippen LogP contribution >= 0.6 is 0 Å². The molecule has 1 fully saturated rings. The summed E-state index contributed by atoms with van der Waals surface area (Å²) in [6, 6.07) is 0. The average Bonchev–Trinajstić information content (AvgIpc) is 2.45. The molecule has 0 bridgehead atoms. The maximum Gasteiger partial charge on any atom is 0.132 e. The Bertz CT molecular complexity index is 250. The molecule has 0 aromatic heterocycles. The number of ketones is 1. The summed E-state index contributed by atoms with van der Waals surface area (Å²) < 4.78 is 0. The molecule has 20 heavy (non-hydrogen) atoms. The minimum absolute atomic E-state index is 0.334. The predicted octanol–water partition coefficient (Wildman–Crippen LogP) is 6.16. The van der Waals surface area contributed by atoms with E-state index in [9.17, 15) is 4.79 Å². The second-order valence-electron chi connectivity index (χ2n) is 7.03. The SMILES string of the molecule is CCCCCC1CCC(CCCC(CC)C(C)=O)CC1. The zero-order valence-electron chi connectivity index (χ0n) is 14.1. The first-order chi connectivity index (χ1) is 9.67. The van der Waals surface area contributed by atoms with E-state index in [0.717, 1.165) is 24.7 Å². The van der Waals surface area contributed by atoms with Gasteiger partial charge >= 0.3 is 0 Å². The molecule has 1 rings (SSSR count). The Balaban J connectivity index is 2.08. The maximum absolute atomic E-state index is 11.4. The van der Waals surface area contributed by atoms with Gasteiger partial charge in [0.2, 0.25) is 0 Å². The molecule has 0 radical (unpaired) electrons. The van der Waals surface area contributed by atoms with Crippen LogP contribution in [0.1, 0.15) is 97.8 Å². The summed E-state index contributed by atoms with van der Waals surface area (Å²) in [4.78, 5) is 11.4. The Labute approximate surface area is 126 Å². The van der Waals surface area contributed by atoms with Gasteiger partial charge in [-0.25, -0.2) is 0 Å². The Morgan fingerprint density at radius 3 is 1.95 bits per heavy atom. The summed E-state index contributed by atoms with van der Waals surface area (Å²) in [5.74, 6) is 2.72. The Kier molecular flexibility index (Phi) is 9.22. The van der Waals surface area contributed by atoms with Crippen molar-refractivity contribution < 1.29 is 4.79 Å². The lowest BCUT2D eigenvalue weighted by atomic mass is 9.77. The third kappa shape index (κ3) is 6.90. The summed E-state index contributed by atoms with van der Waals surface area (Å²) >= 11 is 0. The van der Waals surface area contributed by atoms with Gasteiger partial charge in [0, 0.05) is 5.92 Å². The van der Waals surface area contributed by atoms with Gasteiger partial charge in [0.1, 0.15) is 5.78 Å². The summed E-state index contributed by atoms with van der Waals surface area (Å²) in [5, 5.41) is 0. The number of hydrogen-bond donors (Lipinski definition) is 0. The van der Waals surface area contributed by atoms with Crippen molar-refractivity contribution in [1.29, 1.82) is 0 Å². The van der Waals surface area contributed by atoms with Crippen molar-refractivity contribution in [3.63, 3.8) is 0 Å². The second-order valence-corrected chi connectivity index (χ2v) is 7.03. The maximum atomic E-state index is 11.4. The lowest BCUT2D eigenvalue weighted by Gasteiger charge is -2.28. The van der Waals surface area contributed by atoms with Gasteiger partial charge in [-0.3, -0.25) is 4.79 Å². The summed E-state index contributed by atoms with van der Waals surface area (Å²) in [5.41, 5.74) is 0. The van der Waals surface area contributed by atoms with Gasteiger partial charge in [-0.1, -0.05) is 78.1 Å². The zero-order valence-corrected chi connectivity index (χ0v) is 14.1. The third-order valence-electron chi connectivity index (χ3n) is 5.41. The zero-order chi connectivity index (χ0) is 14.8. The van der Waals surface area contributed by atoms with Crippen LogP contribution in [0.15, 0.2) is 0 Å². The van der Waals surface area contributed by atoms with Gasteiger partial charge in [0.25, 0.3) is 0 Å². The van der Waals surface area contributed by atoms with E-state index in [1.165, 1.54) is 64.2 Å². The molecule has 0 amide bonds. The molecule has 1 aliphatic rings. The van der Waals surface area contributed by atoms with Crippen molar-refractivity contribution in [3.8, 4) is 0 Å². The van der Waals surface area contributed by atoms with E-state index >= 15 is 0 Å². The molecule has 1 saturated carbocycles. The minimum atomic E-state index is 0.334. The monoisotopic (exact) mass is 280 g/mol. The number of unbranched alkanes of at least 4 members (excludes halogenated alkanes) is 2. The standard InChI is InChI=1S/C19H36O/c1-4-6-7-9-17-12-14-18(15-13-17)10-8-11-19(5-2)16(3)20/h17-19H,4-15H2,1-3H3. The molecule has 1 aliphatic carbocycles. The van der Waals surface area contributed by atoms with Crippen LogP contribution in [0, 0.1) is 17.8 Å². The van der Waals surface area contributed by atoms with Crippen molar-refractivity contribution in [2.45, 2.75) is 97.8 Å². The summed E-state index contributed by atoms with van der Waals surface area (Å²) in [6.45, 7) is 6.20. The van der Waals surface area contributed by atoms with E-state index in [1.807, 2.05) is 0 Å². The van der Waals surface area contributed by atoms with Crippen molar-refractivity contribution >= 4 is 5.78 Å². The molecular formula is C19H36O. The van der Waals surface area contributed by atoms with Gasteiger partial charge in [0.05, 0.1) is 0 Å². The van der Waals surface area contributed by atoms with Crippen LogP contribution in [0.2, 0.25) is 0 Å². The normalized spacial score (nSPS) is 24.6. The number of carbonyl (C=O) groups is 1. The van der Waals surface area contributed by atoms with Crippen LogP contribution in [0.25, 0.3) is 0 Å². The molecular weight excluding hydrogens is 244 g/mol. The molecule has 0 aromatic carbocycles. The van der Waals surface area contributed by atoms with Crippen LogP contribution in [-0.2, 0) is 4.79 Å². The van der Waals surface area contributed by atoms with E-state index < -0.39 is 0 Å². The molecule has 0 aliphatic heterocycles. The van der Waals surface area contributed by atoms with E-state index in [0.29, 0.717) is 11.7 Å². The first kappa shape index (κ1) is 17.7. The predicted molar refractivity (Wildman–Crippen MR) is 87.9 cm³/mol. The molecule has 1 unspecified atom stereocenters. The van der Waals surface area contributed by atoms with Crippen LogP contribution in [-0.4, -0.2) is 5.78 Å². The Hall–Kier alpha value is -0.330. The smallest absolute Gasteiger partial charge is 0.132 e. The molecule has 0 heterocycles. The average molecular weight is 280 g/mol. The fourth-order valence-corrected chi connectivity index (χ4v) is 3.84. The number of hydrogen-bond acceptors (Lipinski definition) is 1. The first-order valence-electron chi connectivity index (χ1n) is 9.17. The topological polar surface area (TPSA) is 17.1 Å². The van der Waals surface area contributed by atoms with Gasteiger partial charge in [0.15, 0.2) is 0 Å². The van der Waals surface area contributed by atoms with Crippen LogP contribution in [0.5, 0.6) is 0 Å². The van der Waals surface area contributed by atoms with E-state index in [1.54, 1.807) is 6.92 Å². The van der Waals surface area contributed by atoms with Crippen LogP contribution in [0.3, 0.4) is 0 Å². The highest BCUT2D eigenvalue weighted by Crippen LogP contribution is 2.34. The van der Waals surface area contributed by atoms with Crippen molar-refractivity contribution in [3.05, 3.63) is 0 Å². The van der Waals surface area contributed by atoms with Crippen LogP contribution < -0.4 is 0 Å². The highest BCUT2D eigenvalue weighted by Gasteiger charge is 2.21. The fraction of sp³-hybridized carbons (Fsp3) is 0.947. The fourth-order valence-electron chi connectivity index (χ4n) is 3.84. The van der Waals surface area contributed by atoms with Gasteiger partial charge < -0.3 is 0 Å². The Morgan fingerprint density at radius 2 is 1.50 bits per heavy atom. The van der Waals surface area contributed by atoms with E-state index in [-0.39, 0.29) is 0 Å². The molecule has 1 nitrogen and oxygen atoms in total. The van der Waals surface area contributed by atoms with Gasteiger partial charge in [-0.2, -0.15) is 0 Å². The Morgan fingerprint density at radius 1 is 0.950 bits per heavy atom. The first-order valence-corrected chi connectivity index (χ1v) is 9.17.